The smallest absolute Gasteiger partial charge is 0.305 e. The van der Waals surface area contributed by atoms with Crippen LogP contribution < -0.4 is 5.32 Å². The van der Waals surface area contributed by atoms with Crippen LogP contribution in [0.1, 0.15) is 406 Å². The van der Waals surface area contributed by atoms with E-state index in [1.165, 1.54) is 340 Å². The third-order valence-corrected chi connectivity index (χ3v) is 17.0. The average molecular weight is 1110 g/mol. The Balaban J connectivity index is 3.42. The van der Waals surface area contributed by atoms with Crippen molar-refractivity contribution in [2.45, 2.75) is 418 Å². The lowest BCUT2D eigenvalue weighted by atomic mass is 10.0. The molecule has 0 fully saturated rings. The first kappa shape index (κ1) is 77.3. The first-order chi connectivity index (χ1) is 39.0. The summed E-state index contributed by atoms with van der Waals surface area (Å²) in [5.41, 5.74) is 0. The van der Waals surface area contributed by atoms with Gasteiger partial charge in [0.15, 0.2) is 0 Å². The maximum absolute atomic E-state index is 12.5. The molecule has 0 rings (SSSR count). The van der Waals surface area contributed by atoms with Crippen LogP contribution in [-0.4, -0.2) is 47.4 Å². The van der Waals surface area contributed by atoms with Crippen LogP contribution >= 0.6 is 0 Å². The van der Waals surface area contributed by atoms with E-state index in [4.69, 9.17) is 4.74 Å². The van der Waals surface area contributed by atoms with Crippen molar-refractivity contribution in [1.82, 2.24) is 5.32 Å². The highest BCUT2D eigenvalue weighted by Gasteiger charge is 2.18. The molecular formula is C73H141NO5. The van der Waals surface area contributed by atoms with Gasteiger partial charge in [-0.05, 0) is 57.8 Å². The Morgan fingerprint density at radius 3 is 0.899 bits per heavy atom. The van der Waals surface area contributed by atoms with Crippen molar-refractivity contribution in [2.24, 2.45) is 0 Å². The molecule has 6 heteroatoms. The van der Waals surface area contributed by atoms with Crippen LogP contribution in [0.25, 0.3) is 0 Å². The normalized spacial score (nSPS) is 12.6. The second kappa shape index (κ2) is 68.8. The second-order valence-corrected chi connectivity index (χ2v) is 24.9. The molecule has 0 aromatic heterocycles. The molecule has 0 aromatic carbocycles. The van der Waals surface area contributed by atoms with Crippen LogP contribution in [0.4, 0.5) is 0 Å². The number of rotatable bonds is 68. The number of carbonyl (C=O) groups is 2. The molecule has 2 unspecified atom stereocenters. The molecule has 1 amide bonds. The van der Waals surface area contributed by atoms with Gasteiger partial charge in [-0.15, -0.1) is 0 Å². The molecule has 2 atom stereocenters. The zero-order valence-electron chi connectivity index (χ0n) is 53.6. The van der Waals surface area contributed by atoms with Crippen molar-refractivity contribution < 1.29 is 24.5 Å². The third kappa shape index (κ3) is 65.4. The van der Waals surface area contributed by atoms with E-state index in [-0.39, 0.29) is 18.5 Å². The molecule has 0 aliphatic heterocycles. The first-order valence-electron chi connectivity index (χ1n) is 36.1. The Bertz CT molecular complexity index is 1230. The molecule has 0 aliphatic carbocycles. The van der Waals surface area contributed by atoms with Crippen molar-refractivity contribution in [3.05, 3.63) is 24.3 Å². The third-order valence-electron chi connectivity index (χ3n) is 17.0. The number of carbonyl (C=O) groups excluding carboxylic acids is 2. The van der Waals surface area contributed by atoms with E-state index in [0.717, 1.165) is 38.5 Å². The fourth-order valence-electron chi connectivity index (χ4n) is 11.5. The molecule has 0 bridgehead atoms. The van der Waals surface area contributed by atoms with E-state index < -0.39 is 12.1 Å². The fourth-order valence-corrected chi connectivity index (χ4v) is 11.5. The quantitative estimate of drug-likeness (QED) is 0.0320. The number of aliphatic hydroxyl groups is 2. The van der Waals surface area contributed by atoms with Gasteiger partial charge in [0.25, 0.3) is 0 Å². The maximum Gasteiger partial charge on any atom is 0.305 e. The molecule has 0 aliphatic rings. The number of unbranched alkanes of at least 4 members (excludes halogenated alkanes) is 55. The molecule has 0 saturated heterocycles. The van der Waals surface area contributed by atoms with Gasteiger partial charge in [-0.3, -0.25) is 9.59 Å². The summed E-state index contributed by atoms with van der Waals surface area (Å²) >= 11 is 0. The molecule has 0 heterocycles. The van der Waals surface area contributed by atoms with Crippen molar-refractivity contribution in [3.63, 3.8) is 0 Å². The molecule has 468 valence electrons. The number of aliphatic hydroxyl groups excluding tert-OH is 2. The zero-order chi connectivity index (χ0) is 57.1. The molecule has 0 radical (unpaired) electrons. The van der Waals surface area contributed by atoms with Gasteiger partial charge in [0.2, 0.25) is 5.91 Å². The highest BCUT2D eigenvalue weighted by atomic mass is 16.5. The van der Waals surface area contributed by atoms with Gasteiger partial charge in [0.1, 0.15) is 0 Å². The second-order valence-electron chi connectivity index (χ2n) is 24.9. The van der Waals surface area contributed by atoms with E-state index in [1.807, 2.05) is 6.08 Å². The van der Waals surface area contributed by atoms with Gasteiger partial charge in [-0.25, -0.2) is 0 Å². The molecule has 0 saturated carbocycles. The lowest BCUT2D eigenvalue weighted by Gasteiger charge is -2.20. The summed E-state index contributed by atoms with van der Waals surface area (Å²) in [6.07, 6.45) is 86.9. The van der Waals surface area contributed by atoms with Gasteiger partial charge in [-0.2, -0.15) is 0 Å². The van der Waals surface area contributed by atoms with E-state index >= 15 is 0 Å². The lowest BCUT2D eigenvalue weighted by Crippen LogP contribution is -2.45. The van der Waals surface area contributed by atoms with E-state index in [0.29, 0.717) is 19.4 Å². The fraction of sp³-hybridized carbons (Fsp3) is 0.918. The van der Waals surface area contributed by atoms with Crippen LogP contribution in [-0.2, 0) is 14.3 Å². The van der Waals surface area contributed by atoms with Gasteiger partial charge in [0.05, 0.1) is 25.4 Å². The van der Waals surface area contributed by atoms with Crippen LogP contribution in [0.3, 0.4) is 0 Å². The highest BCUT2D eigenvalue weighted by molar-refractivity contribution is 5.76. The summed E-state index contributed by atoms with van der Waals surface area (Å²) in [5.74, 6) is -0.0527. The average Bonchev–Trinajstić information content (AvgIpc) is 3.45. The Morgan fingerprint density at radius 2 is 0.595 bits per heavy atom. The predicted molar refractivity (Wildman–Crippen MR) is 347 cm³/mol. The van der Waals surface area contributed by atoms with Gasteiger partial charge in [0, 0.05) is 12.8 Å². The highest BCUT2D eigenvalue weighted by Crippen LogP contribution is 2.19. The summed E-state index contributed by atoms with van der Waals surface area (Å²) in [6.45, 7) is 4.95. The van der Waals surface area contributed by atoms with Crippen LogP contribution in [0, 0.1) is 0 Å². The largest absolute Gasteiger partial charge is 0.466 e. The number of esters is 1. The lowest BCUT2D eigenvalue weighted by molar-refractivity contribution is -0.143. The van der Waals surface area contributed by atoms with Crippen molar-refractivity contribution in [3.8, 4) is 0 Å². The minimum absolute atomic E-state index is 0.0152. The molecule has 0 aromatic rings. The van der Waals surface area contributed by atoms with Crippen LogP contribution in [0.2, 0.25) is 0 Å². The molecule has 6 nitrogen and oxygen atoms in total. The number of ether oxygens (including phenoxy) is 1. The summed E-state index contributed by atoms with van der Waals surface area (Å²) in [6, 6.07) is -0.632. The Kier molecular flexibility index (Phi) is 67.4. The Labute approximate surface area is 494 Å². The van der Waals surface area contributed by atoms with E-state index in [9.17, 15) is 19.8 Å². The summed E-state index contributed by atoms with van der Waals surface area (Å²) in [5, 5.41) is 23.3. The van der Waals surface area contributed by atoms with Gasteiger partial charge < -0.3 is 20.3 Å². The summed E-state index contributed by atoms with van der Waals surface area (Å²) < 4.78 is 5.49. The number of hydrogen-bond donors (Lipinski definition) is 3. The topological polar surface area (TPSA) is 95.9 Å². The Morgan fingerprint density at radius 1 is 0.342 bits per heavy atom. The maximum atomic E-state index is 12.5. The molecule has 3 N–H and O–H groups in total. The monoisotopic (exact) mass is 1110 g/mol. The van der Waals surface area contributed by atoms with Crippen molar-refractivity contribution in [1.29, 1.82) is 0 Å². The summed E-state index contributed by atoms with van der Waals surface area (Å²) in [4.78, 5) is 24.6. The summed E-state index contributed by atoms with van der Waals surface area (Å²) in [7, 11) is 0. The number of allylic oxidation sites excluding steroid dienone is 3. The standard InChI is InChI=1S/C73H141NO5/c1-3-5-7-9-11-13-15-17-19-20-21-22-23-26-29-32-35-38-41-45-49-53-57-61-65-71(76)70(69-75)74-72(77)66-62-58-54-50-46-42-39-36-33-30-27-24-25-28-31-34-37-40-44-48-52-56-60-64-68-79-73(78)67-63-59-55-51-47-43-18-16-14-12-10-8-6-4-2/h27,30,61,65,70-71,75-76H,3-26,28-29,31-60,62-64,66-69H2,1-2H3,(H,74,77)/b30-27-,65-61+. The molecule has 0 spiro atoms. The van der Waals surface area contributed by atoms with Gasteiger partial charge in [-0.1, -0.05) is 359 Å². The first-order valence-corrected chi connectivity index (χ1v) is 36.1. The van der Waals surface area contributed by atoms with Crippen molar-refractivity contribution >= 4 is 11.9 Å². The van der Waals surface area contributed by atoms with Gasteiger partial charge >= 0.3 is 5.97 Å². The Hall–Kier alpha value is -1.66. The van der Waals surface area contributed by atoms with E-state index in [1.54, 1.807) is 6.08 Å². The van der Waals surface area contributed by atoms with Crippen molar-refractivity contribution in [2.75, 3.05) is 13.2 Å². The van der Waals surface area contributed by atoms with E-state index in [2.05, 4.69) is 31.3 Å². The minimum Gasteiger partial charge on any atom is -0.466 e. The number of nitrogens with one attached hydrogen (secondary N) is 1. The molecule has 79 heavy (non-hydrogen) atoms. The predicted octanol–water partition coefficient (Wildman–Crippen LogP) is 23.3. The molecular weight excluding hydrogens is 971 g/mol. The van der Waals surface area contributed by atoms with Crippen LogP contribution in [0.15, 0.2) is 24.3 Å². The minimum atomic E-state index is -0.849. The van der Waals surface area contributed by atoms with Crippen LogP contribution in [0.5, 0.6) is 0 Å². The number of amides is 1. The SMILES string of the molecule is CCCCCCCCCCCCCCCCCCCCCCCC/C=C/C(O)C(CO)NC(=O)CCCCCCCCCC/C=C\CCCCCCCCCCCCCCOC(=O)CCCCCCCCCCCCCCCC. The zero-order valence-corrected chi connectivity index (χ0v) is 53.6. The number of hydrogen-bond acceptors (Lipinski definition) is 5.